The first-order chi connectivity index (χ1) is 16.3. The van der Waals surface area contributed by atoms with E-state index in [-0.39, 0.29) is 12.4 Å². The number of thiophene rings is 2. The summed E-state index contributed by atoms with van der Waals surface area (Å²) in [4.78, 5) is 5.22. The van der Waals surface area contributed by atoms with Crippen LogP contribution in [0.1, 0.15) is 39.3 Å². The number of hydrogen-bond acceptors (Lipinski definition) is 4. The van der Waals surface area contributed by atoms with E-state index in [1.165, 1.54) is 57.9 Å². The van der Waals surface area contributed by atoms with Crippen LogP contribution in [0.25, 0.3) is 11.6 Å². The van der Waals surface area contributed by atoms with E-state index >= 15 is 0 Å². The van der Waals surface area contributed by atoms with Crippen molar-refractivity contribution in [2.24, 2.45) is 0 Å². The van der Waals surface area contributed by atoms with E-state index in [9.17, 15) is 0 Å². The quantitative estimate of drug-likeness (QED) is 0.265. The van der Waals surface area contributed by atoms with E-state index in [1.807, 2.05) is 0 Å². The van der Waals surface area contributed by atoms with Crippen molar-refractivity contribution in [2.75, 3.05) is 13.1 Å². The molecule has 0 bridgehead atoms. The van der Waals surface area contributed by atoms with Crippen molar-refractivity contribution in [3.63, 3.8) is 0 Å². The highest BCUT2D eigenvalue weighted by Crippen LogP contribution is 2.32. The molecule has 1 fully saturated rings. The Morgan fingerprint density at radius 1 is 0.794 bits per heavy atom. The van der Waals surface area contributed by atoms with Crippen LogP contribution >= 0.6 is 35.1 Å². The summed E-state index contributed by atoms with van der Waals surface area (Å²) in [6, 6.07) is 29.1. The van der Waals surface area contributed by atoms with Gasteiger partial charge < -0.3 is 5.32 Å². The van der Waals surface area contributed by atoms with E-state index in [2.05, 4.69) is 106 Å². The van der Waals surface area contributed by atoms with Gasteiger partial charge in [0.2, 0.25) is 0 Å². The standard InChI is InChI=1S/C29H30N2S2.ClH/c1-2-6-25(7-3-1)22-31-16-14-26(15-17-31)30-21-24-12-10-23(11-13-24)20-27(28-8-4-18-32-28)29-9-5-19-33-29;/h1-13,18-20,26,30H,14-17,21-22H2;1H. The fourth-order valence-electron chi connectivity index (χ4n) is 4.42. The van der Waals surface area contributed by atoms with E-state index in [0.717, 1.165) is 13.1 Å². The van der Waals surface area contributed by atoms with Gasteiger partial charge in [-0.2, -0.15) is 0 Å². The topological polar surface area (TPSA) is 15.3 Å². The Hall–Kier alpha value is -2.21. The fraction of sp³-hybridized carbons (Fsp3) is 0.241. The lowest BCUT2D eigenvalue weighted by Crippen LogP contribution is -2.41. The molecule has 0 aliphatic carbocycles. The number of hydrogen-bond donors (Lipinski definition) is 1. The van der Waals surface area contributed by atoms with Crippen LogP contribution in [0.3, 0.4) is 0 Å². The Morgan fingerprint density at radius 3 is 2.03 bits per heavy atom. The van der Waals surface area contributed by atoms with Crippen LogP contribution in [0.4, 0.5) is 0 Å². The monoisotopic (exact) mass is 506 g/mol. The van der Waals surface area contributed by atoms with E-state index < -0.39 is 0 Å². The van der Waals surface area contributed by atoms with Crippen molar-refractivity contribution in [1.82, 2.24) is 10.2 Å². The Labute approximate surface area is 217 Å². The average Bonchev–Trinajstić information content (AvgIpc) is 3.59. The highest BCUT2D eigenvalue weighted by molar-refractivity contribution is 7.13. The third kappa shape index (κ3) is 6.68. The molecular formula is C29H31ClN2S2. The van der Waals surface area contributed by atoms with Gasteiger partial charge in [-0.25, -0.2) is 0 Å². The molecule has 0 unspecified atom stereocenters. The molecule has 1 aliphatic heterocycles. The lowest BCUT2D eigenvalue weighted by atomic mass is 10.0. The van der Waals surface area contributed by atoms with Crippen molar-refractivity contribution in [1.29, 1.82) is 0 Å². The Bertz CT molecular complexity index is 1090. The predicted octanol–water partition coefficient (Wildman–Crippen LogP) is 7.57. The van der Waals surface area contributed by atoms with Crippen LogP contribution < -0.4 is 5.32 Å². The molecule has 0 radical (unpaired) electrons. The summed E-state index contributed by atoms with van der Waals surface area (Å²) in [5.74, 6) is 0. The molecule has 1 saturated heterocycles. The van der Waals surface area contributed by atoms with E-state index in [1.54, 1.807) is 22.7 Å². The first-order valence-electron chi connectivity index (χ1n) is 11.7. The van der Waals surface area contributed by atoms with Gasteiger partial charge in [0, 0.05) is 34.5 Å². The number of benzene rings is 2. The van der Waals surface area contributed by atoms with Gasteiger partial charge in [-0.05, 0) is 71.6 Å². The number of likely N-dealkylation sites (tertiary alicyclic amines) is 1. The smallest absolute Gasteiger partial charge is 0.0357 e. The molecule has 2 aromatic heterocycles. The van der Waals surface area contributed by atoms with Gasteiger partial charge in [0.05, 0.1) is 0 Å². The molecule has 2 nitrogen and oxygen atoms in total. The van der Waals surface area contributed by atoms with E-state index in [4.69, 9.17) is 0 Å². The summed E-state index contributed by atoms with van der Waals surface area (Å²) >= 11 is 3.60. The minimum Gasteiger partial charge on any atom is -0.310 e. The fourth-order valence-corrected chi connectivity index (χ4v) is 6.00. The summed E-state index contributed by atoms with van der Waals surface area (Å²) in [5, 5.41) is 8.09. The van der Waals surface area contributed by atoms with Gasteiger partial charge >= 0.3 is 0 Å². The molecule has 0 amide bonds. The Kier molecular flexibility index (Phi) is 9.14. The summed E-state index contributed by atoms with van der Waals surface area (Å²) < 4.78 is 0. The van der Waals surface area contributed by atoms with Crippen molar-refractivity contribution < 1.29 is 0 Å². The third-order valence-corrected chi connectivity index (χ3v) is 8.10. The highest BCUT2D eigenvalue weighted by atomic mass is 35.5. The largest absolute Gasteiger partial charge is 0.310 e. The summed E-state index contributed by atoms with van der Waals surface area (Å²) in [7, 11) is 0. The maximum Gasteiger partial charge on any atom is 0.0357 e. The average molecular weight is 507 g/mol. The maximum absolute atomic E-state index is 3.79. The first-order valence-corrected chi connectivity index (χ1v) is 13.5. The number of piperidine rings is 1. The molecule has 1 N–H and O–H groups in total. The molecule has 5 rings (SSSR count). The minimum atomic E-state index is 0. The van der Waals surface area contributed by atoms with Crippen molar-refractivity contribution in [3.8, 4) is 0 Å². The number of nitrogens with zero attached hydrogens (tertiary/aromatic N) is 1. The molecular weight excluding hydrogens is 476 g/mol. The van der Waals surface area contributed by atoms with Gasteiger partial charge in [0.15, 0.2) is 0 Å². The third-order valence-electron chi connectivity index (χ3n) is 6.30. The Balaban J connectivity index is 0.00000274. The molecule has 34 heavy (non-hydrogen) atoms. The number of halogens is 1. The highest BCUT2D eigenvalue weighted by Gasteiger charge is 2.18. The van der Waals surface area contributed by atoms with E-state index in [0.29, 0.717) is 6.04 Å². The van der Waals surface area contributed by atoms with Gasteiger partial charge in [0.25, 0.3) is 0 Å². The van der Waals surface area contributed by atoms with Crippen LogP contribution in [-0.2, 0) is 13.1 Å². The maximum atomic E-state index is 3.79. The normalized spacial score (nSPS) is 14.5. The zero-order valence-electron chi connectivity index (χ0n) is 19.2. The summed E-state index contributed by atoms with van der Waals surface area (Å²) in [5.41, 5.74) is 5.34. The molecule has 0 atom stereocenters. The van der Waals surface area contributed by atoms with Crippen LogP contribution in [0.2, 0.25) is 0 Å². The van der Waals surface area contributed by atoms with Crippen molar-refractivity contribution in [3.05, 3.63) is 116 Å². The molecule has 1 aliphatic rings. The molecule has 0 spiro atoms. The zero-order valence-corrected chi connectivity index (χ0v) is 21.7. The lowest BCUT2D eigenvalue weighted by Gasteiger charge is -2.32. The molecule has 2 aromatic carbocycles. The van der Waals surface area contributed by atoms with Crippen molar-refractivity contribution in [2.45, 2.75) is 32.0 Å². The molecule has 3 heterocycles. The SMILES string of the molecule is C(=C(c1cccs1)c1cccs1)c1ccc(CNC2CCN(Cc3ccccc3)CC2)cc1.Cl. The molecule has 4 aromatic rings. The van der Waals surface area contributed by atoms with Crippen LogP contribution in [0, 0.1) is 0 Å². The zero-order chi connectivity index (χ0) is 22.3. The molecule has 0 saturated carbocycles. The van der Waals surface area contributed by atoms with Crippen LogP contribution in [-0.4, -0.2) is 24.0 Å². The summed E-state index contributed by atoms with van der Waals surface area (Å²) in [6.45, 7) is 4.35. The number of nitrogens with one attached hydrogen (secondary N) is 1. The first kappa shape index (κ1) is 24.9. The van der Waals surface area contributed by atoms with Crippen LogP contribution in [0.15, 0.2) is 89.6 Å². The second kappa shape index (κ2) is 12.5. The summed E-state index contributed by atoms with van der Waals surface area (Å²) in [6.07, 6.45) is 4.76. The van der Waals surface area contributed by atoms with Crippen molar-refractivity contribution >= 4 is 46.7 Å². The van der Waals surface area contributed by atoms with Gasteiger partial charge in [-0.3, -0.25) is 4.90 Å². The minimum absolute atomic E-state index is 0. The van der Waals surface area contributed by atoms with Gasteiger partial charge in [-0.1, -0.05) is 66.7 Å². The molecule has 5 heteroatoms. The lowest BCUT2D eigenvalue weighted by molar-refractivity contribution is 0.190. The van der Waals surface area contributed by atoms with Gasteiger partial charge in [-0.15, -0.1) is 35.1 Å². The number of rotatable bonds is 8. The predicted molar refractivity (Wildman–Crippen MR) is 151 cm³/mol. The second-order valence-electron chi connectivity index (χ2n) is 8.67. The Morgan fingerprint density at radius 2 is 1.44 bits per heavy atom. The van der Waals surface area contributed by atoms with Gasteiger partial charge in [0.1, 0.15) is 0 Å². The molecule has 176 valence electrons. The van der Waals surface area contributed by atoms with Crippen LogP contribution in [0.5, 0.6) is 0 Å². The second-order valence-corrected chi connectivity index (χ2v) is 10.6.